The van der Waals surface area contributed by atoms with E-state index in [1.54, 1.807) is 0 Å². The van der Waals surface area contributed by atoms with Crippen LogP contribution in [0.4, 0.5) is 0 Å². The van der Waals surface area contributed by atoms with Crippen LogP contribution in [-0.2, 0) is 19.1 Å². The Kier molecular flexibility index (Phi) is 4.70. The van der Waals surface area contributed by atoms with Gasteiger partial charge in [0.2, 0.25) is 0 Å². The number of carbonyl (C=O) groups excluding carboxylic acids is 2. The molecule has 0 aromatic heterocycles. The minimum atomic E-state index is -0.535. The first-order chi connectivity index (χ1) is 11.5. The second kappa shape index (κ2) is 6.28. The van der Waals surface area contributed by atoms with E-state index in [1.165, 1.54) is 25.7 Å². The molecule has 0 radical (unpaired) electrons. The van der Waals surface area contributed by atoms with Crippen molar-refractivity contribution in [1.82, 2.24) is 0 Å². The van der Waals surface area contributed by atoms with Gasteiger partial charge in [0, 0.05) is 11.8 Å². The molecule has 3 aliphatic carbocycles. The Hall–Kier alpha value is -1.06. The largest absolute Gasteiger partial charge is 0.458 e. The molecule has 2 bridgehead atoms. The Balaban J connectivity index is 1.82. The predicted octanol–water partition coefficient (Wildman–Crippen LogP) is 4.36. The van der Waals surface area contributed by atoms with Crippen LogP contribution in [-0.4, -0.2) is 24.1 Å². The Morgan fingerprint density at radius 2 is 1.04 bits per heavy atom. The van der Waals surface area contributed by atoms with Crippen molar-refractivity contribution < 1.29 is 19.1 Å². The molecule has 3 saturated carbocycles. The molecule has 6 unspecified atom stereocenters. The van der Waals surface area contributed by atoms with Gasteiger partial charge in [0.1, 0.15) is 12.2 Å². The van der Waals surface area contributed by atoms with E-state index in [9.17, 15) is 9.59 Å². The first-order valence-corrected chi connectivity index (χ1v) is 9.92. The van der Waals surface area contributed by atoms with Gasteiger partial charge in [-0.3, -0.25) is 9.59 Å². The summed E-state index contributed by atoms with van der Waals surface area (Å²) in [7, 11) is 0. The van der Waals surface area contributed by atoms with E-state index in [2.05, 4.69) is 0 Å². The van der Waals surface area contributed by atoms with Crippen LogP contribution in [0.15, 0.2) is 0 Å². The molecular formula is C21H34O4. The standard InChI is InChI=1S/C21H34O4/c1-20(2,3)18(22)24-16-14-11-15(13-10-8-7-9-12(13)14)17(16)25-19(23)21(4,5)6/h12-17H,7-11H2,1-6H3. The van der Waals surface area contributed by atoms with Gasteiger partial charge in [-0.25, -0.2) is 0 Å². The average Bonchev–Trinajstić information content (AvgIpc) is 3.03. The van der Waals surface area contributed by atoms with Crippen LogP contribution in [0.2, 0.25) is 0 Å². The molecule has 0 aromatic rings. The summed E-state index contributed by atoms with van der Waals surface area (Å²) < 4.78 is 11.9. The lowest BCUT2D eigenvalue weighted by Gasteiger charge is -2.43. The Morgan fingerprint density at radius 3 is 1.36 bits per heavy atom. The maximum Gasteiger partial charge on any atom is 0.311 e. The first-order valence-electron chi connectivity index (χ1n) is 9.92. The molecule has 142 valence electrons. The smallest absolute Gasteiger partial charge is 0.311 e. The molecule has 0 amide bonds. The van der Waals surface area contributed by atoms with Crippen molar-refractivity contribution >= 4 is 11.9 Å². The normalized spacial score (nSPS) is 37.5. The number of hydrogen-bond acceptors (Lipinski definition) is 4. The summed E-state index contributed by atoms with van der Waals surface area (Å²) in [6.07, 6.45) is 5.53. The quantitative estimate of drug-likeness (QED) is 0.695. The Bertz CT molecular complexity index is 491. The summed E-state index contributed by atoms with van der Waals surface area (Å²) in [4.78, 5) is 25.0. The van der Waals surface area contributed by atoms with Gasteiger partial charge >= 0.3 is 11.9 Å². The second-order valence-corrected chi connectivity index (χ2v) is 10.4. The van der Waals surface area contributed by atoms with Crippen LogP contribution >= 0.6 is 0 Å². The maximum atomic E-state index is 12.5. The maximum absolute atomic E-state index is 12.5. The monoisotopic (exact) mass is 350 g/mol. The number of carbonyl (C=O) groups is 2. The number of fused-ring (bicyclic) bond motifs is 5. The molecule has 3 fully saturated rings. The third kappa shape index (κ3) is 3.46. The van der Waals surface area contributed by atoms with E-state index >= 15 is 0 Å². The number of esters is 2. The van der Waals surface area contributed by atoms with Gasteiger partial charge in [0.25, 0.3) is 0 Å². The highest BCUT2D eigenvalue weighted by Gasteiger charge is 2.61. The first kappa shape index (κ1) is 18.7. The van der Waals surface area contributed by atoms with Crippen molar-refractivity contribution in [2.24, 2.45) is 34.5 Å². The summed E-state index contributed by atoms with van der Waals surface area (Å²) in [5.41, 5.74) is -1.07. The summed E-state index contributed by atoms with van der Waals surface area (Å²) in [6.45, 7) is 11.3. The second-order valence-electron chi connectivity index (χ2n) is 10.4. The van der Waals surface area contributed by atoms with Crippen LogP contribution in [0.1, 0.15) is 73.6 Å². The van der Waals surface area contributed by atoms with Gasteiger partial charge in [-0.15, -0.1) is 0 Å². The van der Waals surface area contributed by atoms with Crippen LogP contribution < -0.4 is 0 Å². The van der Waals surface area contributed by atoms with Crippen molar-refractivity contribution in [3.63, 3.8) is 0 Å². The highest BCUT2D eigenvalue weighted by molar-refractivity contribution is 5.76. The topological polar surface area (TPSA) is 52.6 Å². The Morgan fingerprint density at radius 1 is 0.680 bits per heavy atom. The number of ether oxygens (including phenoxy) is 2. The van der Waals surface area contributed by atoms with Gasteiger partial charge in [0.15, 0.2) is 0 Å². The van der Waals surface area contributed by atoms with Crippen molar-refractivity contribution in [3.05, 3.63) is 0 Å². The molecular weight excluding hydrogens is 316 g/mol. The SMILES string of the molecule is CC(C)(C)C(=O)OC1C2CC(C3CCCCC32)C1OC(=O)C(C)(C)C. The van der Waals surface area contributed by atoms with Crippen LogP contribution in [0.5, 0.6) is 0 Å². The van der Waals surface area contributed by atoms with E-state index in [4.69, 9.17) is 9.47 Å². The van der Waals surface area contributed by atoms with Gasteiger partial charge in [0.05, 0.1) is 10.8 Å². The van der Waals surface area contributed by atoms with Crippen molar-refractivity contribution in [2.45, 2.75) is 85.9 Å². The lowest BCUT2D eigenvalue weighted by atomic mass is 9.69. The van der Waals surface area contributed by atoms with Gasteiger partial charge in [-0.1, -0.05) is 12.8 Å². The predicted molar refractivity (Wildman–Crippen MR) is 95.7 cm³/mol. The molecule has 4 heteroatoms. The fourth-order valence-electron chi connectivity index (χ4n) is 5.07. The fourth-order valence-corrected chi connectivity index (χ4v) is 5.07. The zero-order valence-corrected chi connectivity index (χ0v) is 16.6. The highest BCUT2D eigenvalue weighted by atomic mass is 16.6. The molecule has 3 rings (SSSR count). The van der Waals surface area contributed by atoms with Crippen LogP contribution in [0, 0.1) is 34.5 Å². The summed E-state index contributed by atoms with van der Waals surface area (Å²) in [6, 6.07) is 0. The molecule has 0 saturated heterocycles. The lowest BCUT2D eigenvalue weighted by molar-refractivity contribution is -0.188. The molecule has 0 aromatic carbocycles. The summed E-state index contributed by atoms with van der Waals surface area (Å²) >= 11 is 0. The van der Waals surface area contributed by atoms with Gasteiger partial charge in [-0.05, 0) is 72.6 Å². The van der Waals surface area contributed by atoms with E-state index in [1.807, 2.05) is 41.5 Å². The molecule has 0 spiro atoms. The van der Waals surface area contributed by atoms with E-state index in [0.717, 1.165) is 6.42 Å². The zero-order valence-electron chi connectivity index (χ0n) is 16.6. The molecule has 25 heavy (non-hydrogen) atoms. The van der Waals surface area contributed by atoms with Crippen LogP contribution in [0.3, 0.4) is 0 Å². The van der Waals surface area contributed by atoms with Gasteiger partial charge < -0.3 is 9.47 Å². The fraction of sp³-hybridized carbons (Fsp3) is 0.905. The van der Waals surface area contributed by atoms with Gasteiger partial charge in [-0.2, -0.15) is 0 Å². The van der Waals surface area contributed by atoms with Crippen molar-refractivity contribution in [3.8, 4) is 0 Å². The minimum Gasteiger partial charge on any atom is -0.458 e. The minimum absolute atomic E-state index is 0.186. The number of hydrogen-bond donors (Lipinski definition) is 0. The molecule has 3 aliphatic rings. The zero-order chi connectivity index (χ0) is 18.6. The molecule has 0 N–H and O–H groups in total. The lowest BCUT2D eigenvalue weighted by Crippen LogP contribution is -2.49. The van der Waals surface area contributed by atoms with E-state index in [-0.39, 0.29) is 24.1 Å². The van der Waals surface area contributed by atoms with E-state index < -0.39 is 10.8 Å². The summed E-state index contributed by atoms with van der Waals surface area (Å²) in [5.74, 6) is 1.63. The average molecular weight is 350 g/mol. The third-order valence-electron chi connectivity index (χ3n) is 6.40. The van der Waals surface area contributed by atoms with Crippen molar-refractivity contribution in [1.29, 1.82) is 0 Å². The molecule has 4 nitrogen and oxygen atoms in total. The van der Waals surface area contributed by atoms with Crippen LogP contribution in [0.25, 0.3) is 0 Å². The van der Waals surface area contributed by atoms with E-state index in [0.29, 0.717) is 23.7 Å². The Labute approximate surface area is 152 Å². The third-order valence-corrected chi connectivity index (χ3v) is 6.40. The molecule has 0 aliphatic heterocycles. The molecule has 6 atom stereocenters. The number of rotatable bonds is 2. The molecule has 0 heterocycles. The summed E-state index contributed by atoms with van der Waals surface area (Å²) in [5, 5.41) is 0. The van der Waals surface area contributed by atoms with Crippen molar-refractivity contribution in [2.75, 3.05) is 0 Å². The highest BCUT2D eigenvalue weighted by Crippen LogP contribution is 2.59.